The second-order valence-corrected chi connectivity index (χ2v) is 14.4. The first-order chi connectivity index (χ1) is 14.6. The molecule has 0 aromatic heterocycles. The molecular weight excluding hydrogens is 400 g/mol. The Bertz CT molecular complexity index is 887. The van der Waals surface area contributed by atoms with Crippen LogP contribution in [-0.4, -0.2) is 26.2 Å². The SMILES string of the molecule is O[Si](CC[Si](O)(c1ccccc1)c1ccccc1)(c1ccccc1)c1ccccc1. The summed E-state index contributed by atoms with van der Waals surface area (Å²) in [5.41, 5.74) is 0. The Morgan fingerprint density at radius 2 is 0.567 bits per heavy atom. The van der Waals surface area contributed by atoms with Crippen molar-refractivity contribution in [2.45, 2.75) is 12.1 Å². The maximum atomic E-state index is 12.1. The summed E-state index contributed by atoms with van der Waals surface area (Å²) >= 11 is 0. The summed E-state index contributed by atoms with van der Waals surface area (Å²) in [6.45, 7) is 0. The van der Waals surface area contributed by atoms with Gasteiger partial charge in [-0.1, -0.05) is 121 Å². The first-order valence-corrected chi connectivity index (χ1v) is 14.6. The molecule has 4 aromatic rings. The Kier molecular flexibility index (Phi) is 6.11. The van der Waals surface area contributed by atoms with Crippen molar-refractivity contribution in [1.29, 1.82) is 0 Å². The molecular formula is C26H26O2Si2. The maximum Gasteiger partial charge on any atom is 0.252 e. The van der Waals surface area contributed by atoms with Gasteiger partial charge < -0.3 is 9.59 Å². The van der Waals surface area contributed by atoms with Gasteiger partial charge in [0.25, 0.3) is 16.6 Å². The molecule has 0 aliphatic rings. The van der Waals surface area contributed by atoms with E-state index in [-0.39, 0.29) is 0 Å². The van der Waals surface area contributed by atoms with Gasteiger partial charge in [0, 0.05) is 0 Å². The van der Waals surface area contributed by atoms with Crippen molar-refractivity contribution < 1.29 is 9.59 Å². The van der Waals surface area contributed by atoms with Crippen molar-refractivity contribution in [3.05, 3.63) is 121 Å². The van der Waals surface area contributed by atoms with Gasteiger partial charge in [-0.3, -0.25) is 0 Å². The zero-order chi connectivity index (χ0) is 20.9. The third-order valence-corrected chi connectivity index (χ3v) is 13.5. The molecule has 4 rings (SSSR count). The minimum Gasteiger partial charge on any atom is -0.424 e. The number of rotatable bonds is 7. The van der Waals surface area contributed by atoms with Crippen molar-refractivity contribution in [2.24, 2.45) is 0 Å². The smallest absolute Gasteiger partial charge is 0.252 e. The Morgan fingerprint density at radius 1 is 0.367 bits per heavy atom. The van der Waals surface area contributed by atoms with Crippen LogP contribution in [0.3, 0.4) is 0 Å². The molecule has 30 heavy (non-hydrogen) atoms. The van der Waals surface area contributed by atoms with Crippen LogP contribution in [0.5, 0.6) is 0 Å². The topological polar surface area (TPSA) is 40.5 Å². The van der Waals surface area contributed by atoms with E-state index in [1.807, 2.05) is 121 Å². The van der Waals surface area contributed by atoms with Crippen LogP contribution in [0, 0.1) is 0 Å². The summed E-state index contributed by atoms with van der Waals surface area (Å²) in [7, 11) is -6.00. The van der Waals surface area contributed by atoms with E-state index in [0.29, 0.717) is 12.1 Å². The molecule has 0 atom stereocenters. The van der Waals surface area contributed by atoms with Crippen LogP contribution in [0.15, 0.2) is 121 Å². The molecule has 0 fully saturated rings. The molecule has 0 unspecified atom stereocenters. The zero-order valence-electron chi connectivity index (χ0n) is 16.9. The Morgan fingerprint density at radius 3 is 0.767 bits per heavy atom. The van der Waals surface area contributed by atoms with Gasteiger partial charge in [0.15, 0.2) is 0 Å². The van der Waals surface area contributed by atoms with Gasteiger partial charge in [0.2, 0.25) is 0 Å². The third kappa shape index (κ3) is 4.08. The molecule has 2 N–H and O–H groups in total. The average Bonchev–Trinajstić information content (AvgIpc) is 2.84. The quantitative estimate of drug-likeness (QED) is 0.446. The predicted octanol–water partition coefficient (Wildman–Crippen LogP) is 2.49. The van der Waals surface area contributed by atoms with Crippen molar-refractivity contribution >= 4 is 37.4 Å². The summed E-state index contributed by atoms with van der Waals surface area (Å²) < 4.78 is 0. The number of hydrogen-bond donors (Lipinski definition) is 2. The Labute approximate surface area is 180 Å². The van der Waals surface area contributed by atoms with Crippen LogP contribution >= 0.6 is 0 Å². The van der Waals surface area contributed by atoms with Crippen LogP contribution in [0.1, 0.15) is 0 Å². The fraction of sp³-hybridized carbons (Fsp3) is 0.0769. The normalized spacial score (nSPS) is 11.9. The lowest BCUT2D eigenvalue weighted by Gasteiger charge is -2.32. The first kappa shape index (κ1) is 20.5. The van der Waals surface area contributed by atoms with E-state index in [2.05, 4.69) is 0 Å². The summed E-state index contributed by atoms with van der Waals surface area (Å²) in [5, 5.41) is 3.92. The molecule has 0 amide bonds. The highest BCUT2D eigenvalue weighted by Crippen LogP contribution is 2.18. The second kappa shape index (κ2) is 8.94. The Hall–Kier alpha value is -2.77. The largest absolute Gasteiger partial charge is 0.424 e. The minimum absolute atomic E-state index is 0.563. The van der Waals surface area contributed by atoms with E-state index < -0.39 is 16.6 Å². The van der Waals surface area contributed by atoms with E-state index in [1.54, 1.807) is 0 Å². The highest BCUT2D eigenvalue weighted by atomic mass is 28.4. The molecule has 4 aromatic carbocycles. The molecule has 150 valence electrons. The average molecular weight is 427 g/mol. The van der Waals surface area contributed by atoms with Crippen LogP contribution < -0.4 is 20.7 Å². The highest BCUT2D eigenvalue weighted by molar-refractivity contribution is 7.00. The highest BCUT2D eigenvalue weighted by Gasteiger charge is 2.42. The van der Waals surface area contributed by atoms with Gasteiger partial charge in [-0.15, -0.1) is 0 Å². The maximum absolute atomic E-state index is 12.1. The minimum atomic E-state index is -3.00. The summed E-state index contributed by atoms with van der Waals surface area (Å²) in [4.78, 5) is 24.1. The summed E-state index contributed by atoms with van der Waals surface area (Å²) in [5.74, 6) is 0. The monoisotopic (exact) mass is 426 g/mol. The van der Waals surface area contributed by atoms with Crippen LogP contribution in [0.25, 0.3) is 0 Å². The molecule has 0 spiro atoms. The predicted molar refractivity (Wildman–Crippen MR) is 130 cm³/mol. The van der Waals surface area contributed by atoms with E-state index >= 15 is 0 Å². The van der Waals surface area contributed by atoms with Gasteiger partial charge in [0.05, 0.1) is 0 Å². The van der Waals surface area contributed by atoms with Crippen molar-refractivity contribution in [3.8, 4) is 0 Å². The van der Waals surface area contributed by atoms with E-state index in [0.717, 1.165) is 20.7 Å². The van der Waals surface area contributed by atoms with Crippen molar-refractivity contribution in [1.82, 2.24) is 0 Å². The van der Waals surface area contributed by atoms with Gasteiger partial charge >= 0.3 is 0 Å². The lowest BCUT2D eigenvalue weighted by molar-refractivity contribution is 0.550. The Balaban J connectivity index is 1.76. The molecule has 0 aliphatic heterocycles. The van der Waals surface area contributed by atoms with Crippen LogP contribution in [0.4, 0.5) is 0 Å². The number of hydrogen-bond acceptors (Lipinski definition) is 2. The van der Waals surface area contributed by atoms with E-state index in [9.17, 15) is 9.59 Å². The second-order valence-electron chi connectivity index (χ2n) is 7.68. The molecule has 2 nitrogen and oxygen atoms in total. The first-order valence-electron chi connectivity index (χ1n) is 10.3. The molecule has 0 radical (unpaired) electrons. The molecule has 4 heteroatoms. The lowest BCUT2D eigenvalue weighted by atomic mass is 10.4. The van der Waals surface area contributed by atoms with Crippen LogP contribution in [-0.2, 0) is 0 Å². The van der Waals surface area contributed by atoms with Crippen molar-refractivity contribution in [3.63, 3.8) is 0 Å². The molecule has 0 saturated carbocycles. The number of benzene rings is 4. The summed E-state index contributed by atoms with van der Waals surface area (Å²) in [6.07, 6.45) is 0. The third-order valence-electron chi connectivity index (χ3n) is 5.85. The van der Waals surface area contributed by atoms with Gasteiger partial charge in [-0.25, -0.2) is 0 Å². The van der Waals surface area contributed by atoms with E-state index in [1.165, 1.54) is 0 Å². The standard InChI is InChI=1S/C26H26O2Si2/c27-29(23-13-5-1-6-14-23,24-15-7-2-8-16-24)21-22-30(28,25-17-9-3-10-18-25)26-19-11-4-12-20-26/h1-20,27-28H,21-22H2. The van der Waals surface area contributed by atoms with Crippen molar-refractivity contribution in [2.75, 3.05) is 0 Å². The summed E-state index contributed by atoms with van der Waals surface area (Å²) in [6, 6.07) is 41.0. The van der Waals surface area contributed by atoms with Gasteiger partial charge in [-0.2, -0.15) is 0 Å². The molecule has 0 aliphatic carbocycles. The lowest BCUT2D eigenvalue weighted by Crippen LogP contribution is -2.63. The van der Waals surface area contributed by atoms with Crippen LogP contribution in [0.2, 0.25) is 12.1 Å². The van der Waals surface area contributed by atoms with Gasteiger partial charge in [0.1, 0.15) is 0 Å². The van der Waals surface area contributed by atoms with E-state index in [4.69, 9.17) is 0 Å². The van der Waals surface area contributed by atoms with Gasteiger partial charge in [-0.05, 0) is 32.8 Å². The zero-order valence-corrected chi connectivity index (χ0v) is 18.9. The molecule has 0 bridgehead atoms. The fourth-order valence-electron chi connectivity index (χ4n) is 4.13. The molecule has 0 heterocycles. The fourth-order valence-corrected chi connectivity index (χ4v) is 11.8. The molecule has 0 saturated heterocycles.